The number of nitrogens with zero attached hydrogens (tertiary/aromatic N) is 2. The fourth-order valence-corrected chi connectivity index (χ4v) is 3.17. The fourth-order valence-electron chi connectivity index (χ4n) is 2.30. The van der Waals surface area contributed by atoms with E-state index in [1.54, 1.807) is 24.2 Å². The zero-order chi connectivity index (χ0) is 15.0. The van der Waals surface area contributed by atoms with Crippen molar-refractivity contribution in [3.63, 3.8) is 0 Å². The van der Waals surface area contributed by atoms with Crippen molar-refractivity contribution >= 4 is 23.2 Å². The number of carbonyl (C=O) groups is 2. The molecule has 6 nitrogen and oxygen atoms in total. The van der Waals surface area contributed by atoms with Gasteiger partial charge in [0.15, 0.2) is 10.8 Å². The largest absolute Gasteiger partial charge is 0.462 e. The minimum atomic E-state index is -0.473. The van der Waals surface area contributed by atoms with Crippen LogP contribution < -0.4 is 5.32 Å². The van der Waals surface area contributed by atoms with Gasteiger partial charge < -0.3 is 14.6 Å². The lowest BCUT2D eigenvalue weighted by molar-refractivity contribution is -0.127. The van der Waals surface area contributed by atoms with E-state index in [2.05, 4.69) is 10.3 Å². The van der Waals surface area contributed by atoms with Crippen LogP contribution in [0.3, 0.4) is 0 Å². The van der Waals surface area contributed by atoms with E-state index in [9.17, 15) is 9.59 Å². The van der Waals surface area contributed by atoms with Crippen molar-refractivity contribution in [1.29, 1.82) is 0 Å². The second-order valence-electron chi connectivity index (χ2n) is 4.87. The normalized spacial score (nSPS) is 18.7. The highest BCUT2D eigenvalue weighted by Gasteiger charge is 2.32. The molecule has 2 aromatic heterocycles. The molecule has 0 bridgehead atoms. The van der Waals surface area contributed by atoms with Gasteiger partial charge in [-0.15, -0.1) is 11.3 Å². The van der Waals surface area contributed by atoms with E-state index in [4.69, 9.17) is 4.42 Å². The highest BCUT2D eigenvalue weighted by molar-refractivity contribution is 7.15. The Labute approximate surface area is 125 Å². The molecule has 0 aliphatic carbocycles. The molecule has 1 N–H and O–H groups in total. The summed E-state index contributed by atoms with van der Waals surface area (Å²) in [5.74, 6) is 0.309. The quantitative estimate of drug-likeness (QED) is 0.916. The van der Waals surface area contributed by atoms with Gasteiger partial charge in [-0.05, 0) is 26.0 Å². The first-order valence-electron chi connectivity index (χ1n) is 6.68. The molecule has 1 fully saturated rings. The number of amides is 2. The summed E-state index contributed by atoms with van der Waals surface area (Å²) in [5, 5.41) is 3.42. The molecule has 0 radical (unpaired) electrons. The van der Waals surface area contributed by atoms with Crippen LogP contribution >= 0.6 is 11.3 Å². The Morgan fingerprint density at radius 2 is 2.38 bits per heavy atom. The molecule has 7 heteroatoms. The number of aromatic nitrogens is 1. The van der Waals surface area contributed by atoms with Gasteiger partial charge in [0, 0.05) is 18.0 Å². The number of thiazole rings is 1. The SMILES string of the molecule is Cc1sc(-c2ccco2)nc1C(=O)N1CCNC(=O)C1C. The minimum Gasteiger partial charge on any atom is -0.462 e. The van der Waals surface area contributed by atoms with E-state index in [-0.39, 0.29) is 11.8 Å². The third kappa shape index (κ3) is 2.44. The summed E-state index contributed by atoms with van der Waals surface area (Å²) in [5.41, 5.74) is 0.396. The molecule has 2 aromatic rings. The molecule has 1 unspecified atom stereocenters. The number of aryl methyl sites for hydroxylation is 1. The third-order valence-corrected chi connectivity index (χ3v) is 4.48. The molecule has 1 atom stereocenters. The second-order valence-corrected chi connectivity index (χ2v) is 6.07. The van der Waals surface area contributed by atoms with Crippen molar-refractivity contribution in [2.45, 2.75) is 19.9 Å². The number of carbonyl (C=O) groups excluding carboxylic acids is 2. The molecule has 1 aliphatic rings. The van der Waals surface area contributed by atoms with Gasteiger partial charge in [0.05, 0.1) is 6.26 Å². The molecule has 0 aromatic carbocycles. The minimum absolute atomic E-state index is 0.131. The van der Waals surface area contributed by atoms with E-state index in [0.29, 0.717) is 29.6 Å². The molecule has 1 aliphatic heterocycles. The first kappa shape index (κ1) is 13.8. The lowest BCUT2D eigenvalue weighted by atomic mass is 10.2. The van der Waals surface area contributed by atoms with Gasteiger partial charge in [0.2, 0.25) is 5.91 Å². The molecular formula is C14H15N3O3S. The van der Waals surface area contributed by atoms with Crippen LogP contribution in [0.25, 0.3) is 10.8 Å². The maximum absolute atomic E-state index is 12.6. The number of hydrogen-bond acceptors (Lipinski definition) is 5. The van der Waals surface area contributed by atoms with Gasteiger partial charge in [-0.1, -0.05) is 0 Å². The summed E-state index contributed by atoms with van der Waals surface area (Å²) >= 11 is 1.41. The van der Waals surface area contributed by atoms with E-state index in [1.807, 2.05) is 13.0 Å². The van der Waals surface area contributed by atoms with Crippen molar-refractivity contribution in [3.05, 3.63) is 29.0 Å². The Balaban J connectivity index is 1.90. The van der Waals surface area contributed by atoms with Gasteiger partial charge in [0.1, 0.15) is 11.7 Å². The second kappa shape index (κ2) is 5.33. The monoisotopic (exact) mass is 305 g/mol. The molecule has 2 amide bonds. The summed E-state index contributed by atoms with van der Waals surface area (Å²) in [4.78, 5) is 31.1. The van der Waals surface area contributed by atoms with Crippen LogP contribution in [-0.2, 0) is 4.79 Å². The molecule has 21 heavy (non-hydrogen) atoms. The Hall–Kier alpha value is -2.15. The van der Waals surface area contributed by atoms with Crippen LogP contribution in [0.5, 0.6) is 0 Å². The van der Waals surface area contributed by atoms with Crippen molar-refractivity contribution in [2.24, 2.45) is 0 Å². The summed E-state index contributed by atoms with van der Waals surface area (Å²) in [6.45, 7) is 4.55. The molecule has 3 rings (SSSR count). The molecule has 110 valence electrons. The Morgan fingerprint density at radius 3 is 3.10 bits per heavy atom. The van der Waals surface area contributed by atoms with Gasteiger partial charge in [-0.25, -0.2) is 4.98 Å². The summed E-state index contributed by atoms with van der Waals surface area (Å²) in [7, 11) is 0. The molecule has 3 heterocycles. The predicted molar refractivity (Wildman–Crippen MR) is 78.1 cm³/mol. The van der Waals surface area contributed by atoms with Crippen molar-refractivity contribution < 1.29 is 14.0 Å². The van der Waals surface area contributed by atoms with Gasteiger partial charge in [-0.3, -0.25) is 9.59 Å². The van der Waals surface area contributed by atoms with Gasteiger partial charge >= 0.3 is 0 Å². The molecule has 1 saturated heterocycles. The Bertz CT molecular complexity index is 678. The average molecular weight is 305 g/mol. The molecule has 0 spiro atoms. The van der Waals surface area contributed by atoms with Crippen LogP contribution in [-0.4, -0.2) is 40.8 Å². The third-order valence-electron chi connectivity index (χ3n) is 3.49. The molecular weight excluding hydrogens is 290 g/mol. The van der Waals surface area contributed by atoms with Crippen LogP contribution in [0.2, 0.25) is 0 Å². The van der Waals surface area contributed by atoms with Crippen LogP contribution in [0.4, 0.5) is 0 Å². The van der Waals surface area contributed by atoms with Gasteiger partial charge in [0.25, 0.3) is 5.91 Å². The van der Waals surface area contributed by atoms with Crippen LogP contribution in [0, 0.1) is 6.92 Å². The lowest BCUT2D eigenvalue weighted by Crippen LogP contribution is -2.56. The Morgan fingerprint density at radius 1 is 1.57 bits per heavy atom. The maximum atomic E-state index is 12.6. The fraction of sp³-hybridized carbons (Fsp3) is 0.357. The lowest BCUT2D eigenvalue weighted by Gasteiger charge is -2.32. The van der Waals surface area contributed by atoms with Crippen LogP contribution in [0.15, 0.2) is 22.8 Å². The smallest absolute Gasteiger partial charge is 0.274 e. The predicted octanol–water partition coefficient (Wildman–Crippen LogP) is 1.67. The summed E-state index contributed by atoms with van der Waals surface area (Å²) in [6, 6.07) is 3.12. The van der Waals surface area contributed by atoms with Crippen LogP contribution in [0.1, 0.15) is 22.3 Å². The van der Waals surface area contributed by atoms with E-state index >= 15 is 0 Å². The summed E-state index contributed by atoms with van der Waals surface area (Å²) in [6.07, 6.45) is 1.57. The maximum Gasteiger partial charge on any atom is 0.274 e. The summed E-state index contributed by atoms with van der Waals surface area (Å²) < 4.78 is 5.31. The topological polar surface area (TPSA) is 75.4 Å². The molecule has 0 saturated carbocycles. The standard InChI is InChI=1S/C14H15N3O3S/c1-8-12(18)15-5-6-17(8)14(19)11-9(2)21-13(16-11)10-4-3-7-20-10/h3-4,7-8H,5-6H2,1-2H3,(H,15,18). The number of hydrogen-bond donors (Lipinski definition) is 1. The number of nitrogens with one attached hydrogen (secondary N) is 1. The van der Waals surface area contributed by atoms with Gasteiger partial charge in [-0.2, -0.15) is 0 Å². The first-order valence-corrected chi connectivity index (χ1v) is 7.49. The zero-order valence-electron chi connectivity index (χ0n) is 11.8. The average Bonchev–Trinajstić information content (AvgIpc) is 3.10. The first-order chi connectivity index (χ1) is 10.1. The van der Waals surface area contributed by atoms with Crippen molar-refractivity contribution in [2.75, 3.05) is 13.1 Å². The highest BCUT2D eigenvalue weighted by atomic mass is 32.1. The van der Waals surface area contributed by atoms with E-state index < -0.39 is 6.04 Å². The van der Waals surface area contributed by atoms with Crippen molar-refractivity contribution in [1.82, 2.24) is 15.2 Å². The number of furan rings is 1. The van der Waals surface area contributed by atoms with E-state index in [1.165, 1.54) is 11.3 Å². The Kier molecular flexibility index (Phi) is 3.50. The number of piperazine rings is 1. The van der Waals surface area contributed by atoms with Crippen molar-refractivity contribution in [3.8, 4) is 10.8 Å². The number of rotatable bonds is 2. The van der Waals surface area contributed by atoms with E-state index in [0.717, 1.165) is 4.88 Å². The zero-order valence-corrected chi connectivity index (χ0v) is 12.6. The highest BCUT2D eigenvalue weighted by Crippen LogP contribution is 2.28.